The molecule has 0 fully saturated rings. The Labute approximate surface area is 155 Å². The van der Waals surface area contributed by atoms with Gasteiger partial charge in [-0.2, -0.15) is 13.2 Å². The van der Waals surface area contributed by atoms with Gasteiger partial charge in [-0.25, -0.2) is 4.79 Å². The van der Waals surface area contributed by atoms with Crippen molar-refractivity contribution in [3.63, 3.8) is 0 Å². The zero-order valence-corrected chi connectivity index (χ0v) is 14.5. The van der Waals surface area contributed by atoms with E-state index in [1.54, 1.807) is 24.3 Å². The SMILES string of the molecule is O=C(NCc1ccc(C(=O)c2ccco2)s1)Nc1cccc(C(F)(F)F)c1. The van der Waals surface area contributed by atoms with Gasteiger partial charge >= 0.3 is 12.2 Å². The lowest BCUT2D eigenvalue weighted by atomic mass is 10.2. The highest BCUT2D eigenvalue weighted by Gasteiger charge is 2.30. The van der Waals surface area contributed by atoms with E-state index in [4.69, 9.17) is 4.42 Å². The third-order valence-electron chi connectivity index (χ3n) is 3.50. The second kappa shape index (κ2) is 7.67. The number of carbonyl (C=O) groups excluding carboxylic acids is 2. The second-order valence-corrected chi connectivity index (χ2v) is 6.63. The van der Waals surface area contributed by atoms with E-state index in [0.717, 1.165) is 12.1 Å². The normalized spacial score (nSPS) is 11.2. The Morgan fingerprint density at radius 3 is 2.59 bits per heavy atom. The molecule has 2 N–H and O–H groups in total. The Balaban J connectivity index is 1.56. The quantitative estimate of drug-likeness (QED) is 0.604. The molecule has 0 aliphatic rings. The van der Waals surface area contributed by atoms with Crippen molar-refractivity contribution in [2.75, 3.05) is 5.32 Å². The lowest BCUT2D eigenvalue weighted by Crippen LogP contribution is -2.28. The van der Waals surface area contributed by atoms with E-state index >= 15 is 0 Å². The molecule has 2 amide bonds. The van der Waals surface area contributed by atoms with E-state index < -0.39 is 17.8 Å². The van der Waals surface area contributed by atoms with E-state index in [0.29, 0.717) is 9.75 Å². The number of benzene rings is 1. The zero-order chi connectivity index (χ0) is 19.4. The Bertz CT molecular complexity index is 949. The number of alkyl halides is 3. The Hall–Kier alpha value is -3.07. The molecule has 0 aliphatic heterocycles. The summed E-state index contributed by atoms with van der Waals surface area (Å²) in [6.45, 7) is 0.126. The molecule has 3 rings (SSSR count). The number of hydrogen-bond acceptors (Lipinski definition) is 4. The Morgan fingerprint density at radius 2 is 1.89 bits per heavy atom. The summed E-state index contributed by atoms with van der Waals surface area (Å²) in [7, 11) is 0. The summed E-state index contributed by atoms with van der Waals surface area (Å²) in [5.74, 6) is -0.0386. The number of urea groups is 1. The summed E-state index contributed by atoms with van der Waals surface area (Å²) in [4.78, 5) is 25.2. The van der Waals surface area contributed by atoms with Crippen LogP contribution in [0.4, 0.5) is 23.7 Å². The van der Waals surface area contributed by atoms with Crippen molar-refractivity contribution in [2.24, 2.45) is 0 Å². The van der Waals surface area contributed by atoms with Crippen LogP contribution in [0.2, 0.25) is 0 Å². The molecule has 27 heavy (non-hydrogen) atoms. The van der Waals surface area contributed by atoms with Gasteiger partial charge < -0.3 is 15.1 Å². The fourth-order valence-electron chi connectivity index (χ4n) is 2.24. The summed E-state index contributed by atoms with van der Waals surface area (Å²) in [5, 5.41) is 4.89. The van der Waals surface area contributed by atoms with E-state index in [-0.39, 0.29) is 23.8 Å². The molecular formula is C18H13F3N2O3S. The first kappa shape index (κ1) is 18.7. The van der Waals surface area contributed by atoms with Gasteiger partial charge in [-0.15, -0.1) is 11.3 Å². The number of ketones is 1. The fourth-order valence-corrected chi connectivity index (χ4v) is 3.13. The summed E-state index contributed by atoms with van der Waals surface area (Å²) in [6.07, 6.45) is -3.08. The van der Waals surface area contributed by atoms with Crippen LogP contribution in [0.3, 0.4) is 0 Å². The predicted octanol–water partition coefficient (Wildman–Crippen LogP) is 4.91. The molecule has 0 aliphatic carbocycles. The van der Waals surface area contributed by atoms with Gasteiger partial charge in [-0.05, 0) is 42.5 Å². The number of thiophene rings is 1. The molecule has 2 heterocycles. The van der Waals surface area contributed by atoms with Crippen LogP contribution < -0.4 is 10.6 Å². The molecule has 0 bridgehead atoms. The first-order chi connectivity index (χ1) is 12.8. The molecule has 2 aromatic heterocycles. The Morgan fingerprint density at radius 1 is 1.07 bits per heavy atom. The predicted molar refractivity (Wildman–Crippen MR) is 93.8 cm³/mol. The molecule has 0 saturated carbocycles. The van der Waals surface area contributed by atoms with Crippen LogP contribution in [0.5, 0.6) is 0 Å². The van der Waals surface area contributed by atoms with Crippen LogP contribution in [0.15, 0.2) is 59.2 Å². The largest absolute Gasteiger partial charge is 0.461 e. The standard InChI is InChI=1S/C18H13F3N2O3S/c19-18(20,21)11-3-1-4-12(9-11)23-17(25)22-10-13-6-7-15(27-13)16(24)14-5-2-8-26-14/h1-9H,10H2,(H2,22,23,25). The average molecular weight is 394 g/mol. The average Bonchev–Trinajstić information content (AvgIpc) is 3.31. The van der Waals surface area contributed by atoms with Crippen molar-refractivity contribution in [1.29, 1.82) is 0 Å². The summed E-state index contributed by atoms with van der Waals surface area (Å²) >= 11 is 1.19. The molecule has 0 atom stereocenters. The summed E-state index contributed by atoms with van der Waals surface area (Å²) in [5.41, 5.74) is -0.818. The minimum absolute atomic E-state index is 0.0298. The van der Waals surface area contributed by atoms with E-state index in [2.05, 4.69) is 10.6 Å². The van der Waals surface area contributed by atoms with Crippen LogP contribution in [-0.4, -0.2) is 11.8 Å². The van der Waals surface area contributed by atoms with Gasteiger partial charge in [-0.3, -0.25) is 4.79 Å². The highest BCUT2D eigenvalue weighted by molar-refractivity contribution is 7.14. The summed E-state index contributed by atoms with van der Waals surface area (Å²) in [6, 6.07) is 10.2. The molecule has 5 nitrogen and oxygen atoms in total. The number of hydrogen-bond donors (Lipinski definition) is 2. The van der Waals surface area contributed by atoms with Gasteiger partial charge in [0.25, 0.3) is 0 Å². The first-order valence-electron chi connectivity index (χ1n) is 7.72. The number of carbonyl (C=O) groups is 2. The van der Waals surface area contributed by atoms with Crippen LogP contribution >= 0.6 is 11.3 Å². The van der Waals surface area contributed by atoms with Gasteiger partial charge in [0, 0.05) is 10.6 Å². The highest BCUT2D eigenvalue weighted by Crippen LogP contribution is 2.30. The van der Waals surface area contributed by atoms with Crippen molar-refractivity contribution in [1.82, 2.24) is 5.32 Å². The number of furan rings is 1. The van der Waals surface area contributed by atoms with Crippen molar-refractivity contribution in [3.05, 3.63) is 75.9 Å². The van der Waals surface area contributed by atoms with Crippen LogP contribution in [0, 0.1) is 0 Å². The molecule has 0 radical (unpaired) electrons. The monoisotopic (exact) mass is 394 g/mol. The van der Waals surface area contributed by atoms with Crippen LogP contribution in [0.25, 0.3) is 0 Å². The number of amides is 2. The van der Waals surface area contributed by atoms with Gasteiger partial charge in [0.1, 0.15) is 0 Å². The number of nitrogens with one attached hydrogen (secondary N) is 2. The van der Waals surface area contributed by atoms with Gasteiger partial charge in [0.05, 0.1) is 23.2 Å². The van der Waals surface area contributed by atoms with E-state index in [9.17, 15) is 22.8 Å². The maximum atomic E-state index is 12.7. The number of halogens is 3. The third-order valence-corrected chi connectivity index (χ3v) is 4.59. The molecule has 140 valence electrons. The lowest BCUT2D eigenvalue weighted by Gasteiger charge is -2.10. The van der Waals surface area contributed by atoms with Gasteiger partial charge in [0.2, 0.25) is 5.78 Å². The van der Waals surface area contributed by atoms with Crippen molar-refractivity contribution >= 4 is 28.8 Å². The topological polar surface area (TPSA) is 71.3 Å². The van der Waals surface area contributed by atoms with Gasteiger partial charge in [0.15, 0.2) is 5.76 Å². The maximum absolute atomic E-state index is 12.7. The van der Waals surface area contributed by atoms with Crippen molar-refractivity contribution < 1.29 is 27.2 Å². The molecule has 0 unspecified atom stereocenters. The van der Waals surface area contributed by atoms with Crippen LogP contribution in [0.1, 0.15) is 25.9 Å². The van der Waals surface area contributed by atoms with Crippen molar-refractivity contribution in [3.8, 4) is 0 Å². The summed E-state index contributed by atoms with van der Waals surface area (Å²) < 4.78 is 43.1. The Kier molecular flexibility index (Phi) is 5.31. The molecule has 9 heteroatoms. The zero-order valence-electron chi connectivity index (χ0n) is 13.7. The van der Waals surface area contributed by atoms with Crippen LogP contribution in [-0.2, 0) is 12.7 Å². The van der Waals surface area contributed by atoms with Gasteiger partial charge in [-0.1, -0.05) is 6.07 Å². The van der Waals surface area contributed by atoms with E-state index in [1.807, 2.05) is 0 Å². The number of rotatable bonds is 5. The minimum Gasteiger partial charge on any atom is -0.461 e. The van der Waals surface area contributed by atoms with Crippen molar-refractivity contribution in [2.45, 2.75) is 12.7 Å². The van der Waals surface area contributed by atoms with E-state index in [1.165, 1.54) is 29.7 Å². The smallest absolute Gasteiger partial charge is 0.416 e. The molecule has 3 aromatic rings. The second-order valence-electron chi connectivity index (χ2n) is 5.46. The third kappa shape index (κ3) is 4.76. The molecule has 0 saturated heterocycles. The lowest BCUT2D eigenvalue weighted by molar-refractivity contribution is -0.137. The number of anilines is 1. The first-order valence-corrected chi connectivity index (χ1v) is 8.53. The highest BCUT2D eigenvalue weighted by atomic mass is 32.1. The molecular weight excluding hydrogens is 381 g/mol. The minimum atomic E-state index is -4.48. The fraction of sp³-hybridized carbons (Fsp3) is 0.111. The maximum Gasteiger partial charge on any atom is 0.416 e. The molecule has 1 aromatic carbocycles. The molecule has 0 spiro atoms.